The fourth-order valence-electron chi connectivity index (χ4n) is 1.81. The molecule has 0 bridgehead atoms. The molecular weight excluding hydrogens is 288 g/mol. The molecule has 1 aromatic heterocycles. The first-order valence-corrected chi connectivity index (χ1v) is 6.05. The van der Waals surface area contributed by atoms with Crippen molar-refractivity contribution in [2.75, 3.05) is 25.1 Å². The highest BCUT2D eigenvalue weighted by atomic mass is 79.9. The molecule has 1 unspecified atom stereocenters. The number of methoxy groups -OCH3 is 1. The molecule has 1 aliphatic rings. The predicted molar refractivity (Wildman–Crippen MR) is 65.9 cm³/mol. The van der Waals surface area contributed by atoms with Crippen LogP contribution in [0, 0.1) is 0 Å². The Morgan fingerprint density at radius 1 is 1.65 bits per heavy atom. The Morgan fingerprint density at radius 3 is 3.18 bits per heavy atom. The summed E-state index contributed by atoms with van der Waals surface area (Å²) in [5.41, 5.74) is 0. The monoisotopic (exact) mass is 300 g/mol. The number of alkyl carbamates (subject to hydrolysis) is 1. The van der Waals surface area contributed by atoms with Crippen molar-refractivity contribution in [2.24, 2.45) is 0 Å². The second-order valence-electron chi connectivity index (χ2n) is 3.77. The number of amides is 1. The van der Waals surface area contributed by atoms with Crippen LogP contribution in [0.5, 0.6) is 0 Å². The van der Waals surface area contributed by atoms with Crippen LogP contribution < -0.4 is 10.2 Å². The Kier molecular flexibility index (Phi) is 3.78. The van der Waals surface area contributed by atoms with Crippen molar-refractivity contribution in [1.82, 2.24) is 15.3 Å². The minimum atomic E-state index is -0.388. The zero-order chi connectivity index (χ0) is 12.3. The lowest BCUT2D eigenvalue weighted by Crippen LogP contribution is -2.37. The van der Waals surface area contributed by atoms with Gasteiger partial charge in [-0.1, -0.05) is 0 Å². The van der Waals surface area contributed by atoms with Crippen LogP contribution in [-0.2, 0) is 4.74 Å². The topological polar surface area (TPSA) is 67.3 Å². The number of anilines is 1. The molecule has 0 spiro atoms. The van der Waals surface area contributed by atoms with Crippen molar-refractivity contribution < 1.29 is 9.53 Å². The summed E-state index contributed by atoms with van der Waals surface area (Å²) in [6, 6.07) is 1.97. The number of carbonyl (C=O) groups excluding carboxylic acids is 1. The molecule has 7 heteroatoms. The lowest BCUT2D eigenvalue weighted by atomic mass is 10.3. The average molecular weight is 301 g/mol. The van der Waals surface area contributed by atoms with Crippen LogP contribution in [0.1, 0.15) is 6.42 Å². The van der Waals surface area contributed by atoms with E-state index < -0.39 is 0 Å². The fraction of sp³-hybridized carbons (Fsp3) is 0.500. The average Bonchev–Trinajstić information content (AvgIpc) is 2.77. The highest BCUT2D eigenvalue weighted by Crippen LogP contribution is 2.19. The number of hydrogen-bond donors (Lipinski definition) is 1. The zero-order valence-corrected chi connectivity index (χ0v) is 11.0. The van der Waals surface area contributed by atoms with Gasteiger partial charge in [-0.05, 0) is 22.4 Å². The summed E-state index contributed by atoms with van der Waals surface area (Å²) in [5.74, 6) is 0.862. The van der Waals surface area contributed by atoms with Gasteiger partial charge in [0.05, 0.1) is 13.2 Å². The lowest BCUT2D eigenvalue weighted by molar-refractivity contribution is 0.167. The van der Waals surface area contributed by atoms with E-state index >= 15 is 0 Å². The molecule has 0 aliphatic carbocycles. The molecule has 0 saturated carbocycles. The zero-order valence-electron chi connectivity index (χ0n) is 9.39. The SMILES string of the molecule is COC(=O)NC1CCN(c2cc(Br)ncn2)C1. The van der Waals surface area contributed by atoms with Gasteiger partial charge in [-0.15, -0.1) is 0 Å². The van der Waals surface area contributed by atoms with Crippen molar-refractivity contribution in [1.29, 1.82) is 0 Å². The van der Waals surface area contributed by atoms with Gasteiger partial charge in [0, 0.05) is 19.2 Å². The van der Waals surface area contributed by atoms with Crippen LogP contribution in [0.25, 0.3) is 0 Å². The van der Waals surface area contributed by atoms with Gasteiger partial charge >= 0.3 is 6.09 Å². The van der Waals surface area contributed by atoms with E-state index in [1.807, 2.05) is 6.07 Å². The summed E-state index contributed by atoms with van der Waals surface area (Å²) in [7, 11) is 1.36. The van der Waals surface area contributed by atoms with Gasteiger partial charge in [-0.2, -0.15) is 0 Å². The fourth-order valence-corrected chi connectivity index (χ4v) is 2.11. The Balaban J connectivity index is 1.96. The van der Waals surface area contributed by atoms with Crippen LogP contribution >= 0.6 is 15.9 Å². The first kappa shape index (κ1) is 12.1. The third-order valence-electron chi connectivity index (χ3n) is 2.64. The van der Waals surface area contributed by atoms with Gasteiger partial charge < -0.3 is 15.0 Å². The van der Waals surface area contributed by atoms with Gasteiger partial charge in [0.15, 0.2) is 0 Å². The first-order valence-electron chi connectivity index (χ1n) is 5.26. The number of carbonyl (C=O) groups is 1. The Morgan fingerprint density at radius 2 is 2.47 bits per heavy atom. The largest absolute Gasteiger partial charge is 0.453 e. The molecule has 1 amide bonds. The van der Waals surface area contributed by atoms with E-state index in [1.165, 1.54) is 13.4 Å². The van der Waals surface area contributed by atoms with Gasteiger partial charge in [0.1, 0.15) is 16.7 Å². The van der Waals surface area contributed by atoms with Gasteiger partial charge in [0.25, 0.3) is 0 Å². The Bertz CT molecular complexity index is 415. The number of halogens is 1. The molecule has 1 aromatic rings. The minimum Gasteiger partial charge on any atom is -0.453 e. The second kappa shape index (κ2) is 5.31. The quantitative estimate of drug-likeness (QED) is 0.831. The summed E-state index contributed by atoms with van der Waals surface area (Å²) in [5, 5.41) is 2.78. The van der Waals surface area contributed by atoms with Crippen molar-refractivity contribution in [3.8, 4) is 0 Å². The molecule has 17 heavy (non-hydrogen) atoms. The predicted octanol–water partition coefficient (Wildman–Crippen LogP) is 1.17. The molecular formula is C10H13BrN4O2. The molecule has 1 N–H and O–H groups in total. The molecule has 2 rings (SSSR count). The third-order valence-corrected chi connectivity index (χ3v) is 3.07. The van der Waals surface area contributed by atoms with Crippen LogP contribution in [0.15, 0.2) is 17.0 Å². The van der Waals surface area contributed by atoms with Crippen molar-refractivity contribution in [3.63, 3.8) is 0 Å². The van der Waals surface area contributed by atoms with E-state index in [4.69, 9.17) is 0 Å². The van der Waals surface area contributed by atoms with Crippen LogP contribution in [-0.4, -0.2) is 42.3 Å². The van der Waals surface area contributed by atoms with Gasteiger partial charge in [-0.25, -0.2) is 14.8 Å². The molecule has 1 aliphatic heterocycles. The van der Waals surface area contributed by atoms with Crippen LogP contribution in [0.4, 0.5) is 10.6 Å². The number of aromatic nitrogens is 2. The van der Waals surface area contributed by atoms with E-state index in [9.17, 15) is 4.79 Å². The van der Waals surface area contributed by atoms with Crippen molar-refractivity contribution >= 4 is 27.8 Å². The van der Waals surface area contributed by atoms with Crippen molar-refractivity contribution in [3.05, 3.63) is 17.0 Å². The molecule has 1 atom stereocenters. The second-order valence-corrected chi connectivity index (χ2v) is 4.58. The molecule has 2 heterocycles. The maximum atomic E-state index is 11.1. The summed E-state index contributed by atoms with van der Waals surface area (Å²) < 4.78 is 5.33. The molecule has 0 aromatic carbocycles. The summed E-state index contributed by atoms with van der Waals surface area (Å²) in [4.78, 5) is 21.4. The lowest BCUT2D eigenvalue weighted by Gasteiger charge is -2.17. The van der Waals surface area contributed by atoms with Crippen molar-refractivity contribution in [2.45, 2.75) is 12.5 Å². The molecule has 1 saturated heterocycles. The maximum absolute atomic E-state index is 11.1. The van der Waals surface area contributed by atoms with Crippen LogP contribution in [0.3, 0.4) is 0 Å². The Hall–Kier alpha value is -1.37. The van der Waals surface area contributed by atoms with Crippen LogP contribution in [0.2, 0.25) is 0 Å². The molecule has 1 fully saturated rings. The first-order chi connectivity index (χ1) is 8.19. The Labute approximate surface area is 108 Å². The number of nitrogens with one attached hydrogen (secondary N) is 1. The molecule has 0 radical (unpaired) electrons. The number of rotatable bonds is 2. The normalized spacial score (nSPS) is 19.2. The summed E-state index contributed by atoms with van der Waals surface area (Å²) in [6.45, 7) is 1.59. The number of hydrogen-bond acceptors (Lipinski definition) is 5. The minimum absolute atomic E-state index is 0.108. The van der Waals surface area contributed by atoms with Gasteiger partial charge in [-0.3, -0.25) is 0 Å². The smallest absolute Gasteiger partial charge is 0.407 e. The number of nitrogens with zero attached hydrogens (tertiary/aromatic N) is 3. The number of ether oxygens (including phenoxy) is 1. The van der Waals surface area contributed by atoms with E-state index in [0.29, 0.717) is 0 Å². The van der Waals surface area contributed by atoms with E-state index in [0.717, 1.165) is 29.9 Å². The standard InChI is InChI=1S/C10H13BrN4O2/c1-17-10(16)14-7-2-3-15(5-7)9-4-8(11)12-6-13-9/h4,6-7H,2-3,5H2,1H3,(H,14,16). The highest BCUT2D eigenvalue weighted by molar-refractivity contribution is 9.10. The van der Waals surface area contributed by atoms with E-state index in [2.05, 4.69) is 40.9 Å². The summed E-state index contributed by atoms with van der Waals surface area (Å²) in [6.07, 6.45) is 2.01. The molecule has 92 valence electrons. The highest BCUT2D eigenvalue weighted by Gasteiger charge is 2.25. The van der Waals surface area contributed by atoms with Gasteiger partial charge in [0.2, 0.25) is 0 Å². The summed E-state index contributed by atoms with van der Waals surface area (Å²) >= 11 is 3.31. The van der Waals surface area contributed by atoms with E-state index in [-0.39, 0.29) is 12.1 Å². The maximum Gasteiger partial charge on any atom is 0.407 e. The third kappa shape index (κ3) is 3.06. The van der Waals surface area contributed by atoms with E-state index in [1.54, 1.807) is 0 Å². The molecule has 6 nitrogen and oxygen atoms in total.